The van der Waals surface area contributed by atoms with Crippen LogP contribution in [-0.4, -0.2) is 0 Å². The number of aryl methyl sites for hydroxylation is 3. The van der Waals surface area contributed by atoms with Crippen LogP contribution < -0.4 is 9.47 Å². The molecule has 0 heterocycles. The molecule has 4 aromatic carbocycles. The minimum Gasteiger partial charge on any atom is -0.457 e. The molecule has 31 heavy (non-hydrogen) atoms. The Labute approximate surface area is 183 Å². The smallest absolute Gasteiger partial charge is 0.130 e. The summed E-state index contributed by atoms with van der Waals surface area (Å²) in [5.41, 5.74) is 3.74. The summed E-state index contributed by atoms with van der Waals surface area (Å²) >= 11 is 0. The van der Waals surface area contributed by atoms with Crippen molar-refractivity contribution in [3.8, 4) is 23.0 Å². The Bertz CT molecular complexity index is 1070. The van der Waals surface area contributed by atoms with E-state index in [1.165, 1.54) is 28.8 Å². The molecule has 0 unspecified atom stereocenters. The van der Waals surface area contributed by atoms with Gasteiger partial charge in [0.1, 0.15) is 28.8 Å². The topological polar surface area (TPSA) is 18.5 Å². The third-order valence-corrected chi connectivity index (χ3v) is 4.64. The van der Waals surface area contributed by atoms with E-state index in [9.17, 15) is 4.39 Å². The van der Waals surface area contributed by atoms with Gasteiger partial charge in [-0.1, -0.05) is 60.5 Å². The monoisotopic (exact) mass is 414 g/mol. The Morgan fingerprint density at radius 3 is 1.48 bits per heavy atom. The molecule has 0 aliphatic carbocycles. The molecule has 0 fully saturated rings. The van der Waals surface area contributed by atoms with E-state index < -0.39 is 0 Å². The van der Waals surface area contributed by atoms with E-state index in [4.69, 9.17) is 9.47 Å². The van der Waals surface area contributed by atoms with Crippen LogP contribution in [0.2, 0.25) is 0 Å². The zero-order chi connectivity index (χ0) is 22.1. The first kappa shape index (κ1) is 22.1. The first-order valence-electron chi connectivity index (χ1n) is 10.4. The summed E-state index contributed by atoms with van der Waals surface area (Å²) in [4.78, 5) is 0. The molecule has 0 bridgehead atoms. The maximum Gasteiger partial charge on any atom is 0.130 e. The van der Waals surface area contributed by atoms with Gasteiger partial charge in [-0.15, -0.1) is 0 Å². The molecule has 2 nitrogen and oxygen atoms in total. The fourth-order valence-corrected chi connectivity index (χ4v) is 2.81. The maximum atomic E-state index is 12.9. The van der Waals surface area contributed by atoms with Crippen molar-refractivity contribution in [2.24, 2.45) is 0 Å². The van der Waals surface area contributed by atoms with Gasteiger partial charge in [0.2, 0.25) is 0 Å². The SMILES string of the molecule is CCc1ccc(Oc2ccc(C)cc2)cc1.Cc1ccc(Oc2cccc(F)c2)cc1. The van der Waals surface area contributed by atoms with Gasteiger partial charge in [-0.3, -0.25) is 0 Å². The predicted molar refractivity (Wildman–Crippen MR) is 125 cm³/mol. The molecule has 0 atom stereocenters. The van der Waals surface area contributed by atoms with Gasteiger partial charge >= 0.3 is 0 Å². The first-order chi connectivity index (χ1) is 15.0. The van der Waals surface area contributed by atoms with Gasteiger partial charge in [-0.2, -0.15) is 0 Å². The molecule has 0 N–H and O–H groups in total. The minimum atomic E-state index is -0.292. The molecule has 0 aromatic heterocycles. The summed E-state index contributed by atoms with van der Waals surface area (Å²) < 4.78 is 24.1. The number of halogens is 1. The molecule has 0 spiro atoms. The normalized spacial score (nSPS) is 10.1. The molecule has 4 rings (SSSR count). The molecule has 3 heteroatoms. The van der Waals surface area contributed by atoms with Crippen LogP contribution in [0, 0.1) is 19.7 Å². The molecule has 0 saturated carbocycles. The van der Waals surface area contributed by atoms with Crippen LogP contribution in [0.3, 0.4) is 0 Å². The van der Waals surface area contributed by atoms with Crippen molar-refractivity contribution < 1.29 is 13.9 Å². The number of hydrogen-bond donors (Lipinski definition) is 0. The molecule has 0 aliphatic rings. The summed E-state index contributed by atoms with van der Waals surface area (Å²) in [6, 6.07) is 30.0. The van der Waals surface area contributed by atoms with Crippen molar-refractivity contribution in [1.29, 1.82) is 0 Å². The lowest BCUT2D eigenvalue weighted by Gasteiger charge is -2.06. The average molecular weight is 415 g/mol. The van der Waals surface area contributed by atoms with Gasteiger partial charge in [-0.25, -0.2) is 4.39 Å². The largest absolute Gasteiger partial charge is 0.457 e. The van der Waals surface area contributed by atoms with Gasteiger partial charge < -0.3 is 9.47 Å². The summed E-state index contributed by atoms with van der Waals surface area (Å²) in [6.45, 7) is 6.22. The van der Waals surface area contributed by atoms with E-state index in [-0.39, 0.29) is 5.82 Å². The van der Waals surface area contributed by atoms with E-state index in [0.717, 1.165) is 17.9 Å². The van der Waals surface area contributed by atoms with Crippen LogP contribution in [0.5, 0.6) is 23.0 Å². The van der Waals surface area contributed by atoms with E-state index in [1.54, 1.807) is 12.1 Å². The number of rotatable bonds is 5. The summed E-state index contributed by atoms with van der Waals surface area (Å²) in [7, 11) is 0. The highest BCUT2D eigenvalue weighted by molar-refractivity contribution is 5.35. The summed E-state index contributed by atoms with van der Waals surface area (Å²) in [5, 5.41) is 0. The lowest BCUT2D eigenvalue weighted by Crippen LogP contribution is -1.85. The van der Waals surface area contributed by atoms with Crippen LogP contribution >= 0.6 is 0 Å². The second-order valence-corrected chi connectivity index (χ2v) is 7.29. The van der Waals surface area contributed by atoms with Crippen molar-refractivity contribution in [3.63, 3.8) is 0 Å². The molecular formula is C28H27FO2. The second kappa shape index (κ2) is 11.0. The number of hydrogen-bond acceptors (Lipinski definition) is 2. The molecule has 0 aliphatic heterocycles. The zero-order valence-electron chi connectivity index (χ0n) is 18.1. The van der Waals surface area contributed by atoms with E-state index in [2.05, 4.69) is 38.1 Å². The fourth-order valence-electron chi connectivity index (χ4n) is 2.81. The predicted octanol–water partition coefficient (Wildman–Crippen LogP) is 8.28. The Hall–Kier alpha value is -3.59. The van der Waals surface area contributed by atoms with Crippen LogP contribution in [0.15, 0.2) is 97.1 Å². The van der Waals surface area contributed by atoms with E-state index >= 15 is 0 Å². The van der Waals surface area contributed by atoms with Crippen LogP contribution in [0.1, 0.15) is 23.6 Å². The third-order valence-electron chi connectivity index (χ3n) is 4.64. The van der Waals surface area contributed by atoms with Crippen molar-refractivity contribution in [2.45, 2.75) is 27.2 Å². The molecule has 0 radical (unpaired) electrons. The lowest BCUT2D eigenvalue weighted by molar-refractivity contribution is 0.476. The summed E-state index contributed by atoms with van der Waals surface area (Å²) in [5.74, 6) is 2.71. The van der Waals surface area contributed by atoms with Crippen LogP contribution in [0.25, 0.3) is 0 Å². The van der Waals surface area contributed by atoms with Gasteiger partial charge in [0.05, 0.1) is 0 Å². The Morgan fingerprint density at radius 2 is 1.03 bits per heavy atom. The fraction of sp³-hybridized carbons (Fsp3) is 0.143. The molecule has 0 saturated heterocycles. The highest BCUT2D eigenvalue weighted by Gasteiger charge is 1.98. The van der Waals surface area contributed by atoms with Gasteiger partial charge in [0.25, 0.3) is 0 Å². The number of ether oxygens (including phenoxy) is 2. The average Bonchev–Trinajstić information content (AvgIpc) is 2.78. The second-order valence-electron chi connectivity index (χ2n) is 7.29. The van der Waals surface area contributed by atoms with Crippen LogP contribution in [0.4, 0.5) is 4.39 Å². The molecular weight excluding hydrogens is 387 g/mol. The van der Waals surface area contributed by atoms with E-state index in [0.29, 0.717) is 11.5 Å². The quantitative estimate of drug-likeness (QED) is 0.327. The highest BCUT2D eigenvalue weighted by Crippen LogP contribution is 2.23. The Balaban J connectivity index is 0.000000176. The molecule has 4 aromatic rings. The third kappa shape index (κ3) is 7.31. The zero-order valence-corrected chi connectivity index (χ0v) is 18.1. The number of benzene rings is 4. The van der Waals surface area contributed by atoms with Gasteiger partial charge in [0.15, 0.2) is 0 Å². The maximum absolute atomic E-state index is 12.9. The standard InChI is InChI=1S/C15H16O.C13H11FO/c1-3-13-6-10-15(11-7-13)16-14-8-4-12(2)5-9-14;1-10-5-7-12(8-6-10)15-13-4-2-3-11(14)9-13/h4-11H,3H2,1-2H3;2-9H,1H3. The molecule has 0 amide bonds. The minimum absolute atomic E-state index is 0.292. The Kier molecular flexibility index (Phi) is 7.83. The van der Waals surface area contributed by atoms with Crippen LogP contribution in [-0.2, 0) is 6.42 Å². The lowest BCUT2D eigenvalue weighted by atomic mass is 10.2. The van der Waals surface area contributed by atoms with Gasteiger partial charge in [-0.05, 0) is 74.4 Å². The van der Waals surface area contributed by atoms with E-state index in [1.807, 2.05) is 55.5 Å². The Morgan fingerprint density at radius 1 is 0.581 bits per heavy atom. The van der Waals surface area contributed by atoms with Crippen molar-refractivity contribution in [1.82, 2.24) is 0 Å². The van der Waals surface area contributed by atoms with Crippen molar-refractivity contribution in [3.05, 3.63) is 120 Å². The van der Waals surface area contributed by atoms with Gasteiger partial charge in [0, 0.05) is 6.07 Å². The summed E-state index contributed by atoms with van der Waals surface area (Å²) in [6.07, 6.45) is 1.06. The van der Waals surface area contributed by atoms with Crippen molar-refractivity contribution in [2.75, 3.05) is 0 Å². The highest BCUT2D eigenvalue weighted by atomic mass is 19.1. The molecule has 158 valence electrons. The first-order valence-corrected chi connectivity index (χ1v) is 10.4. The van der Waals surface area contributed by atoms with Crippen molar-refractivity contribution >= 4 is 0 Å².